The molecule has 2 N–H and O–H groups in total. The van der Waals surface area contributed by atoms with E-state index in [0.29, 0.717) is 0 Å². The van der Waals surface area contributed by atoms with E-state index in [1.165, 1.54) is 12.1 Å². The zero-order valence-electron chi connectivity index (χ0n) is 7.40. The van der Waals surface area contributed by atoms with Gasteiger partial charge in [0.2, 0.25) is 5.91 Å². The average molecular weight is 195 g/mol. The lowest BCUT2D eigenvalue weighted by Gasteiger charge is -1.98. The number of carbonyl (C=O) groups excluding carboxylic acids is 1. The third kappa shape index (κ3) is 1.61. The van der Waals surface area contributed by atoms with E-state index in [4.69, 9.17) is 5.21 Å². The molecule has 0 bridgehead atoms. The maximum atomic E-state index is 12.6. The second-order valence-corrected chi connectivity index (χ2v) is 3.48. The zero-order valence-corrected chi connectivity index (χ0v) is 7.40. The Labute approximate surface area is 80.5 Å². The number of rotatable bonds is 2. The Balaban J connectivity index is 2.06. The Kier molecular flexibility index (Phi) is 2.21. The van der Waals surface area contributed by atoms with E-state index in [9.17, 15) is 9.18 Å². The van der Waals surface area contributed by atoms with Gasteiger partial charge in [0.25, 0.3) is 0 Å². The van der Waals surface area contributed by atoms with Gasteiger partial charge in [-0.25, -0.2) is 9.87 Å². The van der Waals surface area contributed by atoms with Crippen molar-refractivity contribution >= 4 is 5.91 Å². The minimum Gasteiger partial charge on any atom is -0.289 e. The van der Waals surface area contributed by atoms with Crippen LogP contribution < -0.4 is 5.48 Å². The van der Waals surface area contributed by atoms with Crippen LogP contribution >= 0.6 is 0 Å². The van der Waals surface area contributed by atoms with E-state index < -0.39 is 0 Å². The van der Waals surface area contributed by atoms with Gasteiger partial charge in [0.15, 0.2) is 0 Å². The molecule has 0 aliphatic heterocycles. The van der Waals surface area contributed by atoms with Gasteiger partial charge >= 0.3 is 0 Å². The molecule has 2 atom stereocenters. The van der Waals surface area contributed by atoms with Crippen molar-refractivity contribution in [3.63, 3.8) is 0 Å². The predicted octanol–water partition coefficient (Wildman–Crippen LogP) is 1.43. The first-order valence-electron chi connectivity index (χ1n) is 4.42. The molecule has 0 radical (unpaired) electrons. The number of hydrogen-bond donors (Lipinski definition) is 2. The molecule has 0 spiro atoms. The van der Waals surface area contributed by atoms with Gasteiger partial charge in [-0.2, -0.15) is 0 Å². The lowest BCUT2D eigenvalue weighted by Crippen LogP contribution is -2.20. The van der Waals surface area contributed by atoms with Crippen molar-refractivity contribution in [3.8, 4) is 0 Å². The molecule has 0 heterocycles. The number of hydroxylamine groups is 1. The molecular weight excluding hydrogens is 185 g/mol. The SMILES string of the molecule is O=C(NO)C1CC1c1ccc(F)cc1. The molecule has 0 saturated heterocycles. The molecule has 1 aromatic carbocycles. The first-order chi connectivity index (χ1) is 6.72. The summed E-state index contributed by atoms with van der Waals surface area (Å²) in [6, 6.07) is 6.10. The van der Waals surface area contributed by atoms with Crippen LogP contribution in [0, 0.1) is 11.7 Å². The second-order valence-electron chi connectivity index (χ2n) is 3.48. The topological polar surface area (TPSA) is 49.3 Å². The van der Waals surface area contributed by atoms with Gasteiger partial charge in [0.1, 0.15) is 5.82 Å². The average Bonchev–Trinajstić information content (AvgIpc) is 2.98. The predicted molar refractivity (Wildman–Crippen MR) is 47.2 cm³/mol. The molecule has 3 nitrogen and oxygen atoms in total. The summed E-state index contributed by atoms with van der Waals surface area (Å²) in [5.74, 6) is -0.676. The molecule has 2 rings (SSSR count). The molecular formula is C10H10FNO2. The van der Waals surface area contributed by atoms with Crippen molar-refractivity contribution < 1.29 is 14.4 Å². The summed E-state index contributed by atoms with van der Waals surface area (Å²) in [6.07, 6.45) is 0.720. The largest absolute Gasteiger partial charge is 0.289 e. The summed E-state index contributed by atoms with van der Waals surface area (Å²) >= 11 is 0. The van der Waals surface area contributed by atoms with Crippen molar-refractivity contribution in [2.45, 2.75) is 12.3 Å². The summed E-state index contributed by atoms with van der Waals surface area (Å²) in [5.41, 5.74) is 2.57. The highest BCUT2D eigenvalue weighted by Gasteiger charge is 2.43. The number of nitrogens with one attached hydrogen (secondary N) is 1. The van der Waals surface area contributed by atoms with Crippen molar-refractivity contribution in [3.05, 3.63) is 35.6 Å². The summed E-state index contributed by atoms with van der Waals surface area (Å²) in [4.78, 5) is 11.0. The number of halogens is 1. The van der Waals surface area contributed by atoms with E-state index >= 15 is 0 Å². The van der Waals surface area contributed by atoms with Crippen molar-refractivity contribution in [2.75, 3.05) is 0 Å². The van der Waals surface area contributed by atoms with Gasteiger partial charge in [-0.1, -0.05) is 12.1 Å². The monoisotopic (exact) mass is 195 g/mol. The number of carbonyl (C=O) groups is 1. The molecule has 0 aromatic heterocycles. The van der Waals surface area contributed by atoms with Gasteiger partial charge in [-0.05, 0) is 30.0 Å². The number of hydrogen-bond acceptors (Lipinski definition) is 2. The van der Waals surface area contributed by atoms with E-state index in [-0.39, 0.29) is 23.6 Å². The smallest absolute Gasteiger partial charge is 0.247 e. The van der Waals surface area contributed by atoms with Crippen molar-refractivity contribution in [1.29, 1.82) is 0 Å². The van der Waals surface area contributed by atoms with E-state index in [1.54, 1.807) is 17.6 Å². The van der Waals surface area contributed by atoms with Gasteiger partial charge in [-0.3, -0.25) is 10.0 Å². The van der Waals surface area contributed by atoms with Gasteiger partial charge in [-0.15, -0.1) is 0 Å². The Morgan fingerprint density at radius 1 is 1.43 bits per heavy atom. The van der Waals surface area contributed by atoms with Crippen LogP contribution in [0.1, 0.15) is 17.9 Å². The lowest BCUT2D eigenvalue weighted by molar-refractivity contribution is -0.130. The molecule has 1 aliphatic carbocycles. The Bertz CT molecular complexity index is 350. The van der Waals surface area contributed by atoms with Crippen molar-refractivity contribution in [1.82, 2.24) is 5.48 Å². The third-order valence-electron chi connectivity index (χ3n) is 2.54. The van der Waals surface area contributed by atoms with Crippen LogP contribution in [-0.4, -0.2) is 11.1 Å². The summed E-state index contributed by atoms with van der Waals surface area (Å²) in [7, 11) is 0. The quantitative estimate of drug-likeness (QED) is 0.554. The maximum Gasteiger partial charge on any atom is 0.247 e. The molecule has 1 fully saturated rings. The van der Waals surface area contributed by atoms with E-state index in [1.807, 2.05) is 0 Å². The first-order valence-corrected chi connectivity index (χ1v) is 4.42. The molecule has 4 heteroatoms. The van der Waals surface area contributed by atoms with Gasteiger partial charge in [0.05, 0.1) is 0 Å². The van der Waals surface area contributed by atoms with Crippen LogP contribution in [-0.2, 0) is 4.79 Å². The van der Waals surface area contributed by atoms with Gasteiger partial charge < -0.3 is 0 Å². The fraction of sp³-hybridized carbons (Fsp3) is 0.300. The lowest BCUT2D eigenvalue weighted by atomic mass is 10.1. The summed E-state index contributed by atoms with van der Waals surface area (Å²) < 4.78 is 12.6. The highest BCUT2D eigenvalue weighted by atomic mass is 19.1. The molecule has 74 valence electrons. The molecule has 1 amide bonds. The van der Waals surface area contributed by atoms with Gasteiger partial charge in [0, 0.05) is 5.92 Å². The highest BCUT2D eigenvalue weighted by molar-refractivity contribution is 5.81. The van der Waals surface area contributed by atoms with Crippen molar-refractivity contribution in [2.24, 2.45) is 5.92 Å². The van der Waals surface area contributed by atoms with Crippen LogP contribution in [0.5, 0.6) is 0 Å². The van der Waals surface area contributed by atoms with Crippen LogP contribution in [0.4, 0.5) is 4.39 Å². The normalized spacial score (nSPS) is 24.4. The van der Waals surface area contributed by atoms with Crippen LogP contribution in [0.15, 0.2) is 24.3 Å². The standard InChI is InChI=1S/C10H10FNO2/c11-7-3-1-6(2-4-7)8-5-9(8)10(13)12-14/h1-4,8-9,14H,5H2,(H,12,13). The molecule has 1 aliphatic rings. The van der Waals surface area contributed by atoms with E-state index in [0.717, 1.165) is 12.0 Å². The second kappa shape index (κ2) is 3.38. The molecule has 1 saturated carbocycles. The Morgan fingerprint density at radius 3 is 2.64 bits per heavy atom. The fourth-order valence-corrected chi connectivity index (χ4v) is 1.65. The number of benzene rings is 1. The fourth-order valence-electron chi connectivity index (χ4n) is 1.65. The minimum absolute atomic E-state index is 0.128. The zero-order chi connectivity index (χ0) is 10.1. The Hall–Kier alpha value is -1.42. The van der Waals surface area contributed by atoms with Crippen LogP contribution in [0.3, 0.4) is 0 Å². The molecule has 2 unspecified atom stereocenters. The number of amides is 1. The Morgan fingerprint density at radius 2 is 2.07 bits per heavy atom. The third-order valence-corrected chi connectivity index (χ3v) is 2.54. The van der Waals surface area contributed by atoms with Crippen LogP contribution in [0.25, 0.3) is 0 Å². The highest BCUT2D eigenvalue weighted by Crippen LogP contribution is 2.47. The first kappa shape index (κ1) is 9.15. The maximum absolute atomic E-state index is 12.6. The van der Waals surface area contributed by atoms with E-state index in [2.05, 4.69) is 0 Å². The molecule has 1 aromatic rings. The summed E-state index contributed by atoms with van der Waals surface area (Å²) in [6.45, 7) is 0. The molecule has 14 heavy (non-hydrogen) atoms. The minimum atomic E-state index is -0.362. The summed E-state index contributed by atoms with van der Waals surface area (Å²) in [5, 5.41) is 8.39. The van der Waals surface area contributed by atoms with Crippen LogP contribution in [0.2, 0.25) is 0 Å².